The van der Waals surface area contributed by atoms with Crippen molar-refractivity contribution in [3.63, 3.8) is 0 Å². The van der Waals surface area contributed by atoms with Crippen molar-refractivity contribution in [2.24, 2.45) is 7.05 Å². The Morgan fingerprint density at radius 2 is 2.05 bits per heavy atom. The molecule has 1 N–H and O–H groups in total. The second-order valence-electron chi connectivity index (χ2n) is 4.68. The summed E-state index contributed by atoms with van der Waals surface area (Å²) < 4.78 is 1.76. The largest absolute Gasteiger partial charge is 0.352 e. The van der Waals surface area contributed by atoms with Gasteiger partial charge in [-0.3, -0.25) is 9.48 Å². The number of benzene rings is 1. The van der Waals surface area contributed by atoms with Crippen molar-refractivity contribution >= 4 is 5.91 Å². The molecule has 0 saturated heterocycles. The van der Waals surface area contributed by atoms with Gasteiger partial charge in [0, 0.05) is 31.8 Å². The first-order valence-electron chi connectivity index (χ1n) is 6.45. The smallest absolute Gasteiger partial charge is 0.220 e. The van der Waals surface area contributed by atoms with Crippen molar-refractivity contribution in [2.45, 2.75) is 26.3 Å². The lowest BCUT2D eigenvalue weighted by molar-refractivity contribution is -0.121. The predicted octanol–water partition coefficient (Wildman–Crippen LogP) is 1.98. The zero-order chi connectivity index (χ0) is 13.7. The molecule has 1 heterocycles. The third kappa shape index (κ3) is 3.95. The van der Waals surface area contributed by atoms with Crippen LogP contribution in [0.3, 0.4) is 0 Å². The molecular formula is C15H19N3O. The van der Waals surface area contributed by atoms with E-state index >= 15 is 0 Å². The highest BCUT2D eigenvalue weighted by Crippen LogP contribution is 2.05. The SMILES string of the molecule is Cc1nn(C)cc1CNC(=O)CCc1ccccc1. The minimum absolute atomic E-state index is 0.0760. The Hall–Kier alpha value is -2.10. The molecule has 0 saturated carbocycles. The van der Waals surface area contributed by atoms with E-state index < -0.39 is 0 Å². The minimum atomic E-state index is 0.0760. The van der Waals surface area contributed by atoms with Crippen LogP contribution in [0.25, 0.3) is 0 Å². The van der Waals surface area contributed by atoms with Gasteiger partial charge in [-0.15, -0.1) is 0 Å². The molecule has 0 atom stereocenters. The van der Waals surface area contributed by atoms with Gasteiger partial charge in [-0.1, -0.05) is 30.3 Å². The summed E-state index contributed by atoms with van der Waals surface area (Å²) in [5, 5.41) is 7.18. The number of hydrogen-bond donors (Lipinski definition) is 1. The summed E-state index contributed by atoms with van der Waals surface area (Å²) in [6, 6.07) is 10.0. The molecule has 19 heavy (non-hydrogen) atoms. The number of carbonyl (C=O) groups excluding carboxylic acids is 1. The van der Waals surface area contributed by atoms with Gasteiger partial charge < -0.3 is 5.32 Å². The van der Waals surface area contributed by atoms with Gasteiger partial charge in [-0.25, -0.2) is 0 Å². The Morgan fingerprint density at radius 1 is 1.32 bits per heavy atom. The maximum Gasteiger partial charge on any atom is 0.220 e. The van der Waals surface area contributed by atoms with Crippen molar-refractivity contribution in [2.75, 3.05) is 0 Å². The van der Waals surface area contributed by atoms with E-state index in [1.807, 2.05) is 50.5 Å². The minimum Gasteiger partial charge on any atom is -0.352 e. The summed E-state index contributed by atoms with van der Waals surface area (Å²) in [5.74, 6) is 0.0760. The van der Waals surface area contributed by atoms with Crippen molar-refractivity contribution < 1.29 is 4.79 Å². The molecule has 0 aliphatic heterocycles. The molecule has 4 nitrogen and oxygen atoms in total. The first kappa shape index (κ1) is 13.3. The molecular weight excluding hydrogens is 238 g/mol. The van der Waals surface area contributed by atoms with Crippen molar-refractivity contribution in [3.05, 3.63) is 53.3 Å². The van der Waals surface area contributed by atoms with E-state index in [1.54, 1.807) is 4.68 Å². The van der Waals surface area contributed by atoms with Crippen LogP contribution < -0.4 is 5.32 Å². The average Bonchev–Trinajstić information content (AvgIpc) is 2.73. The number of nitrogens with one attached hydrogen (secondary N) is 1. The lowest BCUT2D eigenvalue weighted by Crippen LogP contribution is -2.23. The standard InChI is InChI=1S/C15H19N3O/c1-12-14(11-18(2)17-12)10-16-15(19)9-8-13-6-4-3-5-7-13/h3-7,11H,8-10H2,1-2H3,(H,16,19). The van der Waals surface area contributed by atoms with Gasteiger partial charge in [0.25, 0.3) is 0 Å². The monoisotopic (exact) mass is 257 g/mol. The Labute approximate surface area is 113 Å². The Morgan fingerprint density at radius 3 is 2.68 bits per heavy atom. The van der Waals surface area contributed by atoms with Gasteiger partial charge in [0.15, 0.2) is 0 Å². The van der Waals surface area contributed by atoms with Gasteiger partial charge in [0.05, 0.1) is 5.69 Å². The molecule has 0 unspecified atom stereocenters. The molecule has 0 radical (unpaired) electrons. The van der Waals surface area contributed by atoms with Crippen LogP contribution in [0.2, 0.25) is 0 Å². The number of rotatable bonds is 5. The van der Waals surface area contributed by atoms with Crippen LogP contribution in [0.4, 0.5) is 0 Å². The Bertz CT molecular complexity index is 546. The van der Waals surface area contributed by atoms with Crippen molar-refractivity contribution in [1.82, 2.24) is 15.1 Å². The average molecular weight is 257 g/mol. The normalized spacial score (nSPS) is 10.4. The molecule has 0 aliphatic rings. The maximum absolute atomic E-state index is 11.8. The van der Waals surface area contributed by atoms with Crippen molar-refractivity contribution in [1.29, 1.82) is 0 Å². The molecule has 2 aromatic rings. The number of aromatic nitrogens is 2. The molecule has 4 heteroatoms. The Kier molecular flexibility index (Phi) is 4.34. The zero-order valence-corrected chi connectivity index (χ0v) is 11.4. The highest BCUT2D eigenvalue weighted by atomic mass is 16.1. The molecule has 1 amide bonds. The first-order chi connectivity index (χ1) is 9.15. The van der Waals surface area contributed by atoms with E-state index in [0.29, 0.717) is 13.0 Å². The lowest BCUT2D eigenvalue weighted by Gasteiger charge is -2.04. The van der Waals surface area contributed by atoms with Crippen LogP contribution in [-0.4, -0.2) is 15.7 Å². The van der Waals surface area contributed by atoms with Crippen molar-refractivity contribution in [3.8, 4) is 0 Å². The van der Waals surface area contributed by atoms with E-state index in [9.17, 15) is 4.79 Å². The molecule has 2 rings (SSSR count). The zero-order valence-electron chi connectivity index (χ0n) is 11.4. The summed E-state index contributed by atoms with van der Waals surface area (Å²) in [7, 11) is 1.88. The summed E-state index contributed by atoms with van der Waals surface area (Å²) in [4.78, 5) is 11.8. The topological polar surface area (TPSA) is 46.9 Å². The van der Waals surface area contributed by atoms with Gasteiger partial charge >= 0.3 is 0 Å². The third-order valence-corrected chi connectivity index (χ3v) is 3.07. The summed E-state index contributed by atoms with van der Waals surface area (Å²) in [5.41, 5.74) is 3.22. The van der Waals surface area contributed by atoms with E-state index in [1.165, 1.54) is 5.56 Å². The fourth-order valence-electron chi connectivity index (χ4n) is 2.01. The molecule has 100 valence electrons. The molecule has 1 aromatic heterocycles. The van der Waals surface area contributed by atoms with E-state index in [2.05, 4.69) is 10.4 Å². The summed E-state index contributed by atoms with van der Waals surface area (Å²) in [6.07, 6.45) is 3.23. The van der Waals surface area contributed by atoms with Crippen LogP contribution >= 0.6 is 0 Å². The highest BCUT2D eigenvalue weighted by Gasteiger charge is 2.06. The molecule has 1 aromatic carbocycles. The summed E-state index contributed by atoms with van der Waals surface area (Å²) in [6.45, 7) is 2.50. The van der Waals surface area contributed by atoms with Crippen LogP contribution in [0.5, 0.6) is 0 Å². The first-order valence-corrected chi connectivity index (χ1v) is 6.45. The second kappa shape index (κ2) is 6.18. The van der Waals surface area contributed by atoms with E-state index in [0.717, 1.165) is 17.7 Å². The Balaban J connectivity index is 1.77. The lowest BCUT2D eigenvalue weighted by atomic mass is 10.1. The maximum atomic E-state index is 11.8. The highest BCUT2D eigenvalue weighted by molar-refractivity contribution is 5.76. The fourth-order valence-corrected chi connectivity index (χ4v) is 2.01. The summed E-state index contributed by atoms with van der Waals surface area (Å²) >= 11 is 0. The molecule has 0 bridgehead atoms. The molecule has 0 fully saturated rings. The van der Waals surface area contributed by atoms with E-state index in [4.69, 9.17) is 0 Å². The van der Waals surface area contributed by atoms with Gasteiger partial charge in [0.1, 0.15) is 0 Å². The molecule has 0 spiro atoms. The van der Waals surface area contributed by atoms with Gasteiger partial charge in [-0.05, 0) is 18.9 Å². The van der Waals surface area contributed by atoms with Gasteiger partial charge in [0.2, 0.25) is 5.91 Å². The number of nitrogens with zero attached hydrogens (tertiary/aromatic N) is 2. The number of aryl methyl sites for hydroxylation is 3. The quantitative estimate of drug-likeness (QED) is 0.890. The fraction of sp³-hybridized carbons (Fsp3) is 0.333. The predicted molar refractivity (Wildman–Crippen MR) is 74.6 cm³/mol. The van der Waals surface area contributed by atoms with Gasteiger partial charge in [-0.2, -0.15) is 5.10 Å². The third-order valence-electron chi connectivity index (χ3n) is 3.07. The molecule has 0 aliphatic carbocycles. The van der Waals surface area contributed by atoms with Crippen LogP contribution in [0.1, 0.15) is 23.2 Å². The number of hydrogen-bond acceptors (Lipinski definition) is 2. The van der Waals surface area contributed by atoms with Crippen LogP contribution in [0.15, 0.2) is 36.5 Å². The number of amides is 1. The second-order valence-corrected chi connectivity index (χ2v) is 4.68. The van der Waals surface area contributed by atoms with Crippen LogP contribution in [0, 0.1) is 6.92 Å². The number of carbonyl (C=O) groups is 1. The van der Waals surface area contributed by atoms with Crippen LogP contribution in [-0.2, 0) is 24.8 Å². The van der Waals surface area contributed by atoms with E-state index in [-0.39, 0.29) is 5.91 Å².